The third-order valence-electron chi connectivity index (χ3n) is 6.42. The number of hydrogen-bond donors (Lipinski definition) is 0. The summed E-state index contributed by atoms with van der Waals surface area (Å²) >= 11 is 0. The molecule has 2 fully saturated rings. The minimum atomic E-state index is -0.00313. The maximum Gasteiger partial charge on any atom is 0.334 e. The number of carbonyl (C=O) groups excluding carboxylic acids is 1. The van der Waals surface area contributed by atoms with Gasteiger partial charge in [0.1, 0.15) is 6.10 Å². The van der Waals surface area contributed by atoms with Crippen LogP contribution in [0.1, 0.15) is 122 Å². The van der Waals surface area contributed by atoms with Crippen LogP contribution in [0.4, 0.5) is 0 Å². The molecule has 150 valence electrons. The number of rotatable bonds is 3. The third kappa shape index (κ3) is 8.27. The van der Waals surface area contributed by atoms with Crippen molar-refractivity contribution < 1.29 is 9.53 Å². The van der Waals surface area contributed by atoms with Crippen LogP contribution in [0, 0.1) is 5.92 Å². The molecule has 0 amide bonds. The Hall–Kier alpha value is -0.790. The molecule has 2 rings (SSSR count). The zero-order chi connectivity index (χ0) is 18.5. The lowest BCUT2D eigenvalue weighted by Crippen LogP contribution is -2.23. The van der Waals surface area contributed by atoms with Crippen molar-refractivity contribution in [2.24, 2.45) is 5.92 Å². The van der Waals surface area contributed by atoms with Crippen molar-refractivity contribution in [3.63, 3.8) is 0 Å². The molecule has 0 spiro atoms. The molecule has 2 aliphatic carbocycles. The maximum atomic E-state index is 13.0. The van der Waals surface area contributed by atoms with Crippen molar-refractivity contribution in [2.75, 3.05) is 0 Å². The summed E-state index contributed by atoms with van der Waals surface area (Å²) < 4.78 is 6.05. The average molecular weight is 363 g/mol. The van der Waals surface area contributed by atoms with E-state index >= 15 is 0 Å². The van der Waals surface area contributed by atoms with Gasteiger partial charge in [-0.2, -0.15) is 0 Å². The first-order valence-electron chi connectivity index (χ1n) is 11.7. The van der Waals surface area contributed by atoms with Gasteiger partial charge in [-0.1, -0.05) is 83.1 Å². The zero-order valence-corrected chi connectivity index (χ0v) is 17.3. The van der Waals surface area contributed by atoms with Crippen LogP contribution in [0.15, 0.2) is 11.6 Å². The van der Waals surface area contributed by atoms with E-state index in [-0.39, 0.29) is 12.1 Å². The molecule has 0 atom stereocenters. The lowest BCUT2D eigenvalue weighted by atomic mass is 9.86. The minimum Gasteiger partial charge on any atom is -0.459 e. The molecule has 2 nitrogen and oxygen atoms in total. The smallest absolute Gasteiger partial charge is 0.334 e. The summed E-state index contributed by atoms with van der Waals surface area (Å²) in [5.41, 5.74) is 0.975. The van der Waals surface area contributed by atoms with Gasteiger partial charge in [-0.15, -0.1) is 0 Å². The molecule has 0 aromatic rings. The molecule has 2 heteroatoms. The highest BCUT2D eigenvalue weighted by atomic mass is 16.5. The fourth-order valence-electron chi connectivity index (χ4n) is 4.75. The molecule has 0 bridgehead atoms. The Morgan fingerprint density at radius 1 is 0.654 bits per heavy atom. The van der Waals surface area contributed by atoms with Gasteiger partial charge in [0.15, 0.2) is 0 Å². The Balaban J connectivity index is 1.89. The number of esters is 1. The Bertz CT molecular complexity index is 392. The van der Waals surface area contributed by atoms with Gasteiger partial charge >= 0.3 is 5.97 Å². The monoisotopic (exact) mass is 362 g/mol. The predicted octanol–water partition coefficient (Wildman–Crippen LogP) is 7.51. The first-order valence-corrected chi connectivity index (χ1v) is 11.7. The lowest BCUT2D eigenvalue weighted by Gasteiger charge is -2.24. The fourth-order valence-corrected chi connectivity index (χ4v) is 4.75. The van der Waals surface area contributed by atoms with Gasteiger partial charge in [-0.25, -0.2) is 4.79 Å². The van der Waals surface area contributed by atoms with Gasteiger partial charge in [0.2, 0.25) is 0 Å². The Kier molecular flexibility index (Phi) is 11.1. The highest BCUT2D eigenvalue weighted by Crippen LogP contribution is 2.29. The van der Waals surface area contributed by atoms with Crippen LogP contribution in [-0.4, -0.2) is 12.1 Å². The van der Waals surface area contributed by atoms with Gasteiger partial charge in [0.25, 0.3) is 0 Å². The van der Waals surface area contributed by atoms with Gasteiger partial charge in [0.05, 0.1) is 0 Å². The van der Waals surface area contributed by atoms with Gasteiger partial charge in [0, 0.05) is 5.57 Å². The third-order valence-corrected chi connectivity index (χ3v) is 6.42. The predicted molar refractivity (Wildman–Crippen MR) is 110 cm³/mol. The second kappa shape index (κ2) is 13.4. The molecule has 2 aliphatic rings. The molecule has 0 unspecified atom stereocenters. The molecule has 2 saturated carbocycles. The van der Waals surface area contributed by atoms with Crippen molar-refractivity contribution in [2.45, 2.75) is 129 Å². The van der Waals surface area contributed by atoms with Crippen LogP contribution >= 0.6 is 0 Å². The van der Waals surface area contributed by atoms with E-state index in [1.165, 1.54) is 103 Å². The Morgan fingerprint density at radius 2 is 1.04 bits per heavy atom. The largest absolute Gasteiger partial charge is 0.459 e. The number of hydrogen-bond acceptors (Lipinski definition) is 2. The number of carbonyl (C=O) groups is 1. The standard InChI is InChI=1S/C24H42O2/c1-2-23(21-17-13-9-5-3-6-10-14-18-21)24(25)26-22-19-15-11-7-4-8-12-16-20-22/h2,21-22H,3-20H2,1H3. The second-order valence-corrected chi connectivity index (χ2v) is 8.57. The molecule has 0 saturated heterocycles. The van der Waals surface area contributed by atoms with Gasteiger partial charge in [-0.05, 0) is 51.4 Å². The fraction of sp³-hybridized carbons (Fsp3) is 0.875. The van der Waals surface area contributed by atoms with Crippen LogP contribution in [0.3, 0.4) is 0 Å². The van der Waals surface area contributed by atoms with E-state index < -0.39 is 0 Å². The molecule has 0 heterocycles. The summed E-state index contributed by atoms with van der Waals surface area (Å²) in [4.78, 5) is 13.0. The summed E-state index contributed by atoms with van der Waals surface area (Å²) in [6.45, 7) is 2.03. The van der Waals surface area contributed by atoms with Crippen LogP contribution < -0.4 is 0 Å². The van der Waals surface area contributed by atoms with Gasteiger partial charge in [-0.3, -0.25) is 0 Å². The summed E-state index contributed by atoms with van der Waals surface area (Å²) in [5.74, 6) is 0.418. The second-order valence-electron chi connectivity index (χ2n) is 8.57. The molecule has 0 aromatic heterocycles. The van der Waals surface area contributed by atoms with E-state index in [0.29, 0.717) is 5.92 Å². The topological polar surface area (TPSA) is 26.3 Å². The Labute approximate surface area is 162 Å². The Morgan fingerprint density at radius 3 is 1.46 bits per heavy atom. The van der Waals surface area contributed by atoms with Crippen molar-refractivity contribution in [1.29, 1.82) is 0 Å². The summed E-state index contributed by atoms with van der Waals surface area (Å²) in [7, 11) is 0. The molecule has 26 heavy (non-hydrogen) atoms. The van der Waals surface area contributed by atoms with Crippen LogP contribution in [-0.2, 0) is 9.53 Å². The van der Waals surface area contributed by atoms with Gasteiger partial charge < -0.3 is 4.74 Å². The maximum absolute atomic E-state index is 13.0. The zero-order valence-electron chi connectivity index (χ0n) is 17.3. The van der Waals surface area contributed by atoms with Crippen molar-refractivity contribution in [3.8, 4) is 0 Å². The molecular weight excluding hydrogens is 320 g/mol. The van der Waals surface area contributed by atoms with Crippen LogP contribution in [0.2, 0.25) is 0 Å². The molecule has 0 N–H and O–H groups in total. The van der Waals surface area contributed by atoms with E-state index in [0.717, 1.165) is 18.4 Å². The average Bonchev–Trinajstić information content (AvgIpc) is 2.66. The normalized spacial score (nSPS) is 24.0. The van der Waals surface area contributed by atoms with Crippen molar-refractivity contribution >= 4 is 5.97 Å². The first-order chi connectivity index (χ1) is 12.8. The van der Waals surface area contributed by atoms with E-state index in [9.17, 15) is 4.79 Å². The van der Waals surface area contributed by atoms with Crippen molar-refractivity contribution in [3.05, 3.63) is 11.6 Å². The highest BCUT2D eigenvalue weighted by molar-refractivity contribution is 5.89. The minimum absolute atomic E-state index is 0.00313. The molecule has 0 aromatic carbocycles. The van der Waals surface area contributed by atoms with E-state index in [1.807, 2.05) is 6.92 Å². The lowest BCUT2D eigenvalue weighted by molar-refractivity contribution is -0.145. The van der Waals surface area contributed by atoms with Crippen LogP contribution in [0.5, 0.6) is 0 Å². The summed E-state index contributed by atoms with van der Waals surface area (Å²) in [6, 6.07) is 0. The van der Waals surface area contributed by atoms with Crippen LogP contribution in [0.25, 0.3) is 0 Å². The quantitative estimate of drug-likeness (QED) is 0.383. The summed E-state index contributed by atoms with van der Waals surface area (Å²) in [6.07, 6.45) is 25.1. The highest BCUT2D eigenvalue weighted by Gasteiger charge is 2.24. The SMILES string of the molecule is CC=C(C(=O)OC1CCCCCCCCC1)C1CCCCCCCCC1. The molecule has 0 radical (unpaired) electrons. The number of ether oxygens (including phenoxy) is 1. The molecular formula is C24H42O2. The van der Waals surface area contributed by atoms with Crippen molar-refractivity contribution in [1.82, 2.24) is 0 Å². The van der Waals surface area contributed by atoms with E-state index in [4.69, 9.17) is 4.74 Å². The first kappa shape index (κ1) is 21.5. The molecule has 0 aliphatic heterocycles. The number of allylic oxidation sites excluding steroid dienone is 1. The van der Waals surface area contributed by atoms with E-state index in [2.05, 4.69) is 6.08 Å². The van der Waals surface area contributed by atoms with E-state index in [1.54, 1.807) is 0 Å². The summed E-state index contributed by atoms with van der Waals surface area (Å²) in [5, 5.41) is 0.